The smallest absolute Gasteiger partial charge is 0.139 e. The Labute approximate surface area is 73.8 Å². The fourth-order valence-electron chi connectivity index (χ4n) is 2.56. The Morgan fingerprint density at radius 1 is 1.25 bits per heavy atom. The van der Waals surface area contributed by atoms with Crippen LogP contribution in [0, 0.1) is 11.3 Å². The van der Waals surface area contributed by atoms with Crippen LogP contribution in [-0.4, -0.2) is 5.78 Å². The molecule has 0 radical (unpaired) electrons. The van der Waals surface area contributed by atoms with Crippen molar-refractivity contribution in [1.29, 1.82) is 0 Å². The summed E-state index contributed by atoms with van der Waals surface area (Å²) in [5.74, 6) is 1.15. The molecule has 1 heteroatoms. The van der Waals surface area contributed by atoms with Gasteiger partial charge >= 0.3 is 0 Å². The van der Waals surface area contributed by atoms with Gasteiger partial charge in [0.2, 0.25) is 0 Å². The van der Waals surface area contributed by atoms with E-state index >= 15 is 0 Å². The van der Waals surface area contributed by atoms with Crippen LogP contribution < -0.4 is 0 Å². The number of ketones is 1. The molecular formula is C11H16O. The Morgan fingerprint density at radius 2 is 1.92 bits per heavy atom. The van der Waals surface area contributed by atoms with Crippen molar-refractivity contribution in [1.82, 2.24) is 0 Å². The highest BCUT2D eigenvalue weighted by Crippen LogP contribution is 2.53. The molecule has 1 saturated carbocycles. The Balaban J connectivity index is 2.30. The van der Waals surface area contributed by atoms with Crippen LogP contribution in [0.5, 0.6) is 0 Å². The Morgan fingerprint density at radius 3 is 2.50 bits per heavy atom. The van der Waals surface area contributed by atoms with E-state index in [-0.39, 0.29) is 5.41 Å². The second-order valence-corrected chi connectivity index (χ2v) is 4.68. The van der Waals surface area contributed by atoms with Gasteiger partial charge in [-0.05, 0) is 32.6 Å². The molecule has 0 bridgehead atoms. The molecule has 66 valence electrons. The molecule has 0 aromatic carbocycles. The first kappa shape index (κ1) is 8.03. The third-order valence-corrected chi connectivity index (χ3v) is 3.88. The molecule has 2 atom stereocenters. The molecule has 0 amide bonds. The van der Waals surface area contributed by atoms with Gasteiger partial charge in [0.1, 0.15) is 5.78 Å². The molecule has 0 aromatic heterocycles. The molecule has 0 aromatic rings. The molecule has 2 aliphatic rings. The van der Waals surface area contributed by atoms with Crippen molar-refractivity contribution in [2.75, 3.05) is 0 Å². The molecule has 2 rings (SSSR count). The van der Waals surface area contributed by atoms with Crippen molar-refractivity contribution in [2.24, 2.45) is 11.3 Å². The predicted octanol–water partition coefficient (Wildman–Crippen LogP) is 2.71. The van der Waals surface area contributed by atoms with Crippen molar-refractivity contribution in [2.45, 2.75) is 40.0 Å². The van der Waals surface area contributed by atoms with E-state index in [4.69, 9.17) is 0 Å². The van der Waals surface area contributed by atoms with Crippen molar-refractivity contribution in [3.8, 4) is 0 Å². The van der Waals surface area contributed by atoms with E-state index in [1.54, 1.807) is 0 Å². The summed E-state index contributed by atoms with van der Waals surface area (Å²) in [5, 5.41) is 0. The average molecular weight is 164 g/mol. The van der Waals surface area contributed by atoms with Gasteiger partial charge in [0.05, 0.1) is 0 Å². The SMILES string of the molecule is CC1=C(C)C[C@]2(C)C(=O)C[C@H]2C1. The highest BCUT2D eigenvalue weighted by atomic mass is 16.1. The first-order chi connectivity index (χ1) is 5.54. The lowest BCUT2D eigenvalue weighted by atomic mass is 9.53. The van der Waals surface area contributed by atoms with E-state index in [0.29, 0.717) is 11.7 Å². The van der Waals surface area contributed by atoms with Crippen LogP contribution in [0.3, 0.4) is 0 Å². The molecule has 0 saturated heterocycles. The van der Waals surface area contributed by atoms with Gasteiger partial charge in [-0.1, -0.05) is 18.1 Å². The van der Waals surface area contributed by atoms with Crippen LogP contribution in [0.4, 0.5) is 0 Å². The van der Waals surface area contributed by atoms with Crippen molar-refractivity contribution < 1.29 is 4.79 Å². The normalized spacial score (nSPS) is 40.9. The van der Waals surface area contributed by atoms with Gasteiger partial charge in [-0.3, -0.25) is 4.79 Å². The third-order valence-electron chi connectivity index (χ3n) is 3.88. The number of allylic oxidation sites excluding steroid dienone is 2. The maximum absolute atomic E-state index is 11.4. The Kier molecular flexibility index (Phi) is 1.48. The zero-order valence-corrected chi connectivity index (χ0v) is 8.11. The van der Waals surface area contributed by atoms with Crippen LogP contribution in [-0.2, 0) is 4.79 Å². The lowest BCUT2D eigenvalue weighted by molar-refractivity contribution is -0.144. The van der Waals surface area contributed by atoms with Crippen LogP contribution in [0.2, 0.25) is 0 Å². The molecule has 0 spiro atoms. The van der Waals surface area contributed by atoms with Crippen LogP contribution in [0.25, 0.3) is 0 Å². The highest BCUT2D eigenvalue weighted by Gasteiger charge is 2.52. The first-order valence-corrected chi connectivity index (χ1v) is 4.72. The third kappa shape index (κ3) is 0.825. The number of carbonyl (C=O) groups is 1. The second kappa shape index (κ2) is 2.21. The zero-order chi connectivity index (χ0) is 8.93. The molecule has 0 heterocycles. The molecule has 12 heavy (non-hydrogen) atoms. The van der Waals surface area contributed by atoms with Gasteiger partial charge in [-0.2, -0.15) is 0 Å². The first-order valence-electron chi connectivity index (χ1n) is 4.72. The van der Waals surface area contributed by atoms with E-state index in [1.807, 2.05) is 0 Å². The van der Waals surface area contributed by atoms with E-state index in [1.165, 1.54) is 11.1 Å². The number of rotatable bonds is 0. The standard InChI is InChI=1S/C11H16O/c1-7-4-9-5-10(12)11(9,3)6-8(7)2/h9H,4-6H2,1-3H3/t9-,11+/m1/s1. The topological polar surface area (TPSA) is 17.1 Å². The van der Waals surface area contributed by atoms with Gasteiger partial charge in [-0.25, -0.2) is 0 Å². The van der Waals surface area contributed by atoms with Crippen LogP contribution in [0.1, 0.15) is 40.0 Å². The summed E-state index contributed by atoms with van der Waals surface area (Å²) in [4.78, 5) is 11.4. The second-order valence-electron chi connectivity index (χ2n) is 4.68. The minimum atomic E-state index is 0.0313. The van der Waals surface area contributed by atoms with E-state index < -0.39 is 0 Å². The maximum atomic E-state index is 11.4. The van der Waals surface area contributed by atoms with Gasteiger partial charge in [-0.15, -0.1) is 0 Å². The number of carbonyl (C=O) groups excluding carboxylic acids is 1. The minimum absolute atomic E-state index is 0.0313. The lowest BCUT2D eigenvalue weighted by Gasteiger charge is -2.49. The molecule has 0 N–H and O–H groups in total. The summed E-state index contributed by atoms with van der Waals surface area (Å²) in [6.45, 7) is 6.51. The van der Waals surface area contributed by atoms with Gasteiger partial charge < -0.3 is 0 Å². The molecular weight excluding hydrogens is 148 g/mol. The summed E-state index contributed by atoms with van der Waals surface area (Å²) < 4.78 is 0. The maximum Gasteiger partial charge on any atom is 0.139 e. The number of hydrogen-bond acceptors (Lipinski definition) is 1. The van der Waals surface area contributed by atoms with E-state index in [9.17, 15) is 4.79 Å². The number of Topliss-reactive ketones (excluding diaryl/α,β-unsaturated/α-hetero) is 1. The van der Waals surface area contributed by atoms with Crippen molar-refractivity contribution >= 4 is 5.78 Å². The minimum Gasteiger partial charge on any atom is -0.299 e. The number of fused-ring (bicyclic) bond motifs is 1. The number of hydrogen-bond donors (Lipinski definition) is 0. The van der Waals surface area contributed by atoms with Crippen molar-refractivity contribution in [3.05, 3.63) is 11.1 Å². The quantitative estimate of drug-likeness (QED) is 0.503. The van der Waals surface area contributed by atoms with Crippen LogP contribution >= 0.6 is 0 Å². The average Bonchev–Trinajstić information content (AvgIpc) is 2.01. The van der Waals surface area contributed by atoms with E-state index in [2.05, 4.69) is 20.8 Å². The van der Waals surface area contributed by atoms with Gasteiger partial charge in [0.25, 0.3) is 0 Å². The monoisotopic (exact) mass is 164 g/mol. The van der Waals surface area contributed by atoms with Gasteiger partial charge in [0.15, 0.2) is 0 Å². The predicted molar refractivity (Wildman–Crippen MR) is 48.8 cm³/mol. The largest absolute Gasteiger partial charge is 0.299 e. The lowest BCUT2D eigenvalue weighted by Crippen LogP contribution is -2.49. The summed E-state index contributed by atoms with van der Waals surface area (Å²) in [7, 11) is 0. The van der Waals surface area contributed by atoms with Gasteiger partial charge in [0, 0.05) is 11.8 Å². The summed E-state index contributed by atoms with van der Waals surface area (Å²) in [5.41, 5.74) is 3.00. The Hall–Kier alpha value is -0.590. The molecule has 2 aliphatic carbocycles. The summed E-state index contributed by atoms with van der Waals surface area (Å²) >= 11 is 0. The Bertz CT molecular complexity index is 275. The van der Waals surface area contributed by atoms with Crippen LogP contribution in [0.15, 0.2) is 11.1 Å². The fraction of sp³-hybridized carbons (Fsp3) is 0.727. The molecule has 0 unspecified atom stereocenters. The highest BCUT2D eigenvalue weighted by molar-refractivity contribution is 5.91. The van der Waals surface area contributed by atoms with Crippen molar-refractivity contribution in [3.63, 3.8) is 0 Å². The molecule has 1 nitrogen and oxygen atoms in total. The summed E-state index contributed by atoms with van der Waals surface area (Å²) in [6.07, 6.45) is 3.01. The molecule has 0 aliphatic heterocycles. The molecule has 1 fully saturated rings. The summed E-state index contributed by atoms with van der Waals surface area (Å²) in [6, 6.07) is 0. The zero-order valence-electron chi connectivity index (χ0n) is 8.11. The fourth-order valence-corrected chi connectivity index (χ4v) is 2.56. The van der Waals surface area contributed by atoms with E-state index in [0.717, 1.165) is 19.3 Å².